The second-order valence-electron chi connectivity index (χ2n) is 9.29. The smallest absolute Gasteiger partial charge is 0.270 e. The van der Waals surface area contributed by atoms with Crippen LogP contribution in [0.1, 0.15) is 20.8 Å². The third-order valence-corrected chi connectivity index (χ3v) is 7.24. The van der Waals surface area contributed by atoms with Crippen LogP contribution in [0.25, 0.3) is 16.6 Å². The molecule has 2 amide bonds. The van der Waals surface area contributed by atoms with Crippen molar-refractivity contribution in [2.75, 3.05) is 46.4 Å². The van der Waals surface area contributed by atoms with Crippen LogP contribution in [0.5, 0.6) is 5.88 Å². The van der Waals surface area contributed by atoms with Gasteiger partial charge in [0.15, 0.2) is 0 Å². The summed E-state index contributed by atoms with van der Waals surface area (Å²) < 4.78 is 7.20. The third kappa shape index (κ3) is 4.01. The Hall–Kier alpha value is -4.11. The molecule has 2 aliphatic rings. The van der Waals surface area contributed by atoms with Gasteiger partial charge in [-0.2, -0.15) is 0 Å². The van der Waals surface area contributed by atoms with Gasteiger partial charge >= 0.3 is 0 Å². The lowest BCUT2D eigenvalue weighted by atomic mass is 10.0. The summed E-state index contributed by atoms with van der Waals surface area (Å²) in [6, 6.07) is 15.7. The number of carbonyl (C=O) groups is 2. The van der Waals surface area contributed by atoms with Crippen molar-refractivity contribution in [1.82, 2.24) is 29.2 Å². The minimum atomic E-state index is 0.0533. The number of nitrogens with zero attached hydrogens (tertiary/aromatic N) is 5. The molecule has 0 saturated carbocycles. The number of amides is 2. The Labute approximate surface area is 208 Å². The van der Waals surface area contributed by atoms with Crippen molar-refractivity contribution in [1.29, 1.82) is 0 Å². The molecule has 1 aromatic carbocycles. The molecule has 0 bridgehead atoms. The molecule has 184 valence electrons. The number of piperazine rings is 1. The Bertz CT molecular complexity index is 1380. The number of aromatic nitrogens is 3. The Morgan fingerprint density at radius 2 is 1.81 bits per heavy atom. The molecular weight excluding hydrogens is 456 g/mol. The maximum Gasteiger partial charge on any atom is 0.270 e. The average Bonchev–Trinajstić information content (AvgIpc) is 3.58. The van der Waals surface area contributed by atoms with E-state index in [1.807, 2.05) is 64.5 Å². The Balaban J connectivity index is 1.06. The molecule has 3 aromatic heterocycles. The molecule has 0 atom stereocenters. The second kappa shape index (κ2) is 9.16. The number of aromatic amines is 1. The molecule has 9 nitrogen and oxygen atoms in total. The van der Waals surface area contributed by atoms with E-state index in [-0.39, 0.29) is 11.8 Å². The highest BCUT2D eigenvalue weighted by atomic mass is 16.5. The largest absolute Gasteiger partial charge is 0.481 e. The van der Waals surface area contributed by atoms with Gasteiger partial charge in [-0.1, -0.05) is 0 Å². The SMILES string of the molecule is COc1ccc(-n2ccc3cc(C(=O)N4CC(N5CCN(C(=O)c6ccc[nH]6)CC5)C4)ccc32)cn1. The highest BCUT2D eigenvalue weighted by Crippen LogP contribution is 2.25. The van der Waals surface area contributed by atoms with Crippen molar-refractivity contribution >= 4 is 22.7 Å². The highest BCUT2D eigenvalue weighted by Gasteiger charge is 2.37. The van der Waals surface area contributed by atoms with Gasteiger partial charge in [0, 0.05) is 74.7 Å². The van der Waals surface area contributed by atoms with Crippen molar-refractivity contribution in [3.8, 4) is 11.6 Å². The number of carbonyl (C=O) groups excluding carboxylic acids is 2. The normalized spacial score (nSPS) is 16.8. The molecule has 4 aromatic rings. The van der Waals surface area contributed by atoms with Gasteiger partial charge in [-0.25, -0.2) is 4.98 Å². The van der Waals surface area contributed by atoms with Gasteiger partial charge in [0.05, 0.1) is 24.5 Å². The maximum atomic E-state index is 13.1. The van der Waals surface area contributed by atoms with Crippen LogP contribution >= 0.6 is 0 Å². The van der Waals surface area contributed by atoms with E-state index in [0.29, 0.717) is 36.3 Å². The predicted molar refractivity (Wildman–Crippen MR) is 136 cm³/mol. The van der Waals surface area contributed by atoms with Crippen molar-refractivity contribution < 1.29 is 14.3 Å². The molecule has 0 spiro atoms. The number of ether oxygens (including phenoxy) is 1. The summed E-state index contributed by atoms with van der Waals surface area (Å²) in [6.07, 6.45) is 5.53. The lowest BCUT2D eigenvalue weighted by Gasteiger charge is -2.48. The average molecular weight is 485 g/mol. The van der Waals surface area contributed by atoms with Gasteiger partial charge in [-0.15, -0.1) is 0 Å². The van der Waals surface area contributed by atoms with E-state index in [4.69, 9.17) is 4.74 Å². The van der Waals surface area contributed by atoms with E-state index < -0.39 is 0 Å². The lowest BCUT2D eigenvalue weighted by molar-refractivity contribution is 0.00844. The van der Waals surface area contributed by atoms with E-state index in [1.54, 1.807) is 19.5 Å². The van der Waals surface area contributed by atoms with E-state index >= 15 is 0 Å². The van der Waals surface area contributed by atoms with Crippen LogP contribution < -0.4 is 4.74 Å². The van der Waals surface area contributed by atoms with Gasteiger partial charge in [-0.05, 0) is 42.5 Å². The Morgan fingerprint density at radius 3 is 2.50 bits per heavy atom. The number of hydrogen-bond donors (Lipinski definition) is 1. The number of methoxy groups -OCH3 is 1. The summed E-state index contributed by atoms with van der Waals surface area (Å²) in [5, 5.41) is 1.01. The van der Waals surface area contributed by atoms with Crippen LogP contribution in [0.4, 0.5) is 0 Å². The summed E-state index contributed by atoms with van der Waals surface area (Å²) in [7, 11) is 1.60. The van der Waals surface area contributed by atoms with Gasteiger partial charge in [0.1, 0.15) is 5.69 Å². The fourth-order valence-corrected chi connectivity index (χ4v) is 5.09. The first kappa shape index (κ1) is 22.4. The summed E-state index contributed by atoms with van der Waals surface area (Å²) in [5.41, 5.74) is 3.29. The molecule has 2 aliphatic heterocycles. The number of nitrogens with one attached hydrogen (secondary N) is 1. The van der Waals surface area contributed by atoms with E-state index in [1.165, 1.54) is 0 Å². The van der Waals surface area contributed by atoms with Crippen molar-refractivity contribution in [3.63, 3.8) is 0 Å². The summed E-state index contributed by atoms with van der Waals surface area (Å²) >= 11 is 0. The first-order valence-corrected chi connectivity index (χ1v) is 12.2. The van der Waals surface area contributed by atoms with Crippen molar-refractivity contribution in [2.24, 2.45) is 0 Å². The molecule has 6 rings (SSSR count). The molecule has 2 fully saturated rings. The number of likely N-dealkylation sites (tertiary alicyclic amines) is 1. The fraction of sp³-hybridized carbons (Fsp3) is 0.296. The van der Waals surface area contributed by atoms with Crippen LogP contribution in [0.3, 0.4) is 0 Å². The summed E-state index contributed by atoms with van der Waals surface area (Å²) in [6.45, 7) is 4.52. The molecule has 2 saturated heterocycles. The number of H-pyrrole nitrogens is 1. The zero-order valence-electron chi connectivity index (χ0n) is 20.1. The maximum absolute atomic E-state index is 13.1. The number of fused-ring (bicyclic) bond motifs is 1. The minimum absolute atomic E-state index is 0.0533. The van der Waals surface area contributed by atoms with Gasteiger partial charge in [0.25, 0.3) is 11.8 Å². The van der Waals surface area contributed by atoms with Crippen molar-refractivity contribution in [2.45, 2.75) is 6.04 Å². The van der Waals surface area contributed by atoms with Crippen LogP contribution in [0.15, 0.2) is 67.1 Å². The fourth-order valence-electron chi connectivity index (χ4n) is 5.09. The second-order valence-corrected chi connectivity index (χ2v) is 9.29. The zero-order chi connectivity index (χ0) is 24.6. The molecule has 9 heteroatoms. The number of hydrogen-bond acceptors (Lipinski definition) is 5. The van der Waals surface area contributed by atoms with Crippen LogP contribution in [0, 0.1) is 0 Å². The Morgan fingerprint density at radius 1 is 0.972 bits per heavy atom. The lowest BCUT2D eigenvalue weighted by Crippen LogP contribution is -2.64. The molecule has 1 N–H and O–H groups in total. The number of rotatable bonds is 5. The van der Waals surface area contributed by atoms with Gasteiger partial charge in [-0.3, -0.25) is 14.5 Å². The van der Waals surface area contributed by atoms with E-state index in [0.717, 1.165) is 42.8 Å². The Kier molecular flexibility index (Phi) is 5.69. The van der Waals surface area contributed by atoms with Gasteiger partial charge < -0.3 is 24.1 Å². The molecule has 0 unspecified atom stereocenters. The van der Waals surface area contributed by atoms with Crippen LogP contribution in [0.2, 0.25) is 0 Å². The first-order chi connectivity index (χ1) is 17.6. The molecule has 0 radical (unpaired) electrons. The molecule has 36 heavy (non-hydrogen) atoms. The van der Waals surface area contributed by atoms with Crippen molar-refractivity contribution in [3.05, 3.63) is 78.4 Å². The summed E-state index contributed by atoms with van der Waals surface area (Å²) in [4.78, 5) is 39.2. The van der Waals surface area contributed by atoms with Gasteiger partial charge in [0.2, 0.25) is 5.88 Å². The summed E-state index contributed by atoms with van der Waals surface area (Å²) in [5.74, 6) is 0.688. The van der Waals surface area contributed by atoms with Crippen LogP contribution in [-0.4, -0.2) is 93.5 Å². The highest BCUT2D eigenvalue weighted by molar-refractivity contribution is 5.99. The molecular formula is C27H28N6O3. The quantitative estimate of drug-likeness (QED) is 0.471. The number of pyridine rings is 1. The molecule has 5 heterocycles. The topological polar surface area (TPSA) is 86.7 Å². The standard InChI is InChI=1S/C27H28N6O3/c1-36-25-7-5-21(16-29-25)33-10-8-19-15-20(4-6-24(19)33)26(34)32-17-22(18-32)30-11-13-31(14-12-30)27(35)23-3-2-9-28-23/h2-10,15-16,22,28H,11-14,17-18H2,1H3. The minimum Gasteiger partial charge on any atom is -0.481 e. The number of benzene rings is 1. The van der Waals surface area contributed by atoms with Crippen LogP contribution in [-0.2, 0) is 0 Å². The van der Waals surface area contributed by atoms with E-state index in [9.17, 15) is 9.59 Å². The first-order valence-electron chi connectivity index (χ1n) is 12.2. The predicted octanol–water partition coefficient (Wildman–Crippen LogP) is 2.64. The van der Waals surface area contributed by atoms with E-state index in [2.05, 4.69) is 19.4 Å². The third-order valence-electron chi connectivity index (χ3n) is 7.24. The zero-order valence-corrected chi connectivity index (χ0v) is 20.1. The molecule has 0 aliphatic carbocycles. The monoisotopic (exact) mass is 484 g/mol.